The Bertz CT molecular complexity index is 187. The summed E-state index contributed by atoms with van der Waals surface area (Å²) in [5.41, 5.74) is 0.333. The summed E-state index contributed by atoms with van der Waals surface area (Å²) in [6.45, 7) is 13.5. The fourth-order valence-electron chi connectivity index (χ4n) is 2.10. The van der Waals surface area contributed by atoms with E-state index in [1.165, 1.54) is 0 Å². The van der Waals surface area contributed by atoms with E-state index in [2.05, 4.69) is 40.4 Å². The lowest BCUT2D eigenvalue weighted by Gasteiger charge is -2.30. The Labute approximate surface area is 77.2 Å². The van der Waals surface area contributed by atoms with Crippen LogP contribution < -0.4 is 0 Å². The van der Waals surface area contributed by atoms with Crippen LogP contribution in [0.25, 0.3) is 0 Å². The van der Waals surface area contributed by atoms with E-state index in [1.54, 1.807) is 0 Å². The van der Waals surface area contributed by atoms with E-state index in [0.29, 0.717) is 5.54 Å². The third-order valence-corrected chi connectivity index (χ3v) is 6.05. The molecule has 0 aliphatic heterocycles. The van der Waals surface area contributed by atoms with Gasteiger partial charge >= 0.3 is 0 Å². The average Bonchev–Trinajstić information content (AvgIpc) is 2.38. The fraction of sp³-hybridized carbons (Fsp3) is 1.00. The molecular formula is C10H22OSi. The average molecular weight is 186 g/mol. The van der Waals surface area contributed by atoms with Gasteiger partial charge in [0.15, 0.2) is 0 Å². The van der Waals surface area contributed by atoms with E-state index in [4.69, 9.17) is 0 Å². The molecule has 1 aliphatic rings. The Morgan fingerprint density at radius 2 is 1.67 bits per heavy atom. The van der Waals surface area contributed by atoms with Crippen LogP contribution >= 0.6 is 0 Å². The van der Waals surface area contributed by atoms with Gasteiger partial charge in [0.2, 0.25) is 0 Å². The first kappa shape index (κ1) is 10.3. The van der Waals surface area contributed by atoms with E-state index in [9.17, 15) is 5.11 Å². The van der Waals surface area contributed by atoms with E-state index in [-0.39, 0.29) is 11.0 Å². The molecule has 2 atom stereocenters. The highest BCUT2D eigenvalue weighted by atomic mass is 28.3. The molecule has 0 bridgehead atoms. The van der Waals surface area contributed by atoms with Crippen molar-refractivity contribution in [2.75, 3.05) is 0 Å². The molecule has 0 heterocycles. The summed E-state index contributed by atoms with van der Waals surface area (Å²) >= 11 is 0. The van der Waals surface area contributed by atoms with Gasteiger partial charge in [0.05, 0.1) is 13.7 Å². The van der Waals surface area contributed by atoms with Crippen molar-refractivity contribution in [1.29, 1.82) is 0 Å². The summed E-state index contributed by atoms with van der Waals surface area (Å²) < 4.78 is 0. The van der Waals surface area contributed by atoms with E-state index < -0.39 is 8.07 Å². The largest absolute Gasteiger partial charge is 0.389 e. The first-order valence-corrected chi connectivity index (χ1v) is 8.39. The molecule has 1 N–H and O–H groups in total. The second-order valence-corrected chi connectivity index (χ2v) is 11.7. The maximum atomic E-state index is 10.3. The van der Waals surface area contributed by atoms with Crippen LogP contribution in [0.2, 0.25) is 25.2 Å². The molecule has 0 unspecified atom stereocenters. The van der Waals surface area contributed by atoms with Crippen molar-refractivity contribution in [3.63, 3.8) is 0 Å². The minimum atomic E-state index is -1.12. The van der Waals surface area contributed by atoms with Gasteiger partial charge in [-0.3, -0.25) is 0 Å². The molecule has 0 spiro atoms. The lowest BCUT2D eigenvalue weighted by molar-refractivity contribution is 0.0368. The summed E-state index contributed by atoms with van der Waals surface area (Å²) in [5, 5.41) is 10.3. The maximum Gasteiger partial charge on any atom is 0.0702 e. The molecule has 2 heteroatoms. The molecule has 0 radical (unpaired) electrons. The molecular weight excluding hydrogens is 164 g/mol. The minimum Gasteiger partial charge on any atom is -0.389 e. The Kier molecular flexibility index (Phi) is 2.01. The Balaban J connectivity index is 2.73. The Hall–Kier alpha value is 0.177. The Morgan fingerprint density at radius 1 is 1.25 bits per heavy atom. The van der Waals surface area contributed by atoms with Gasteiger partial charge in [-0.2, -0.15) is 0 Å². The molecule has 0 aromatic carbocycles. The molecule has 1 saturated carbocycles. The first-order valence-electron chi connectivity index (χ1n) is 4.81. The van der Waals surface area contributed by atoms with Crippen LogP contribution in [0.5, 0.6) is 0 Å². The van der Waals surface area contributed by atoms with Gasteiger partial charge in [-0.1, -0.05) is 40.4 Å². The van der Waals surface area contributed by atoms with Gasteiger partial charge in [0, 0.05) is 0 Å². The zero-order valence-electron chi connectivity index (χ0n) is 9.23. The van der Waals surface area contributed by atoms with E-state index in [0.717, 1.165) is 6.42 Å². The highest BCUT2D eigenvalue weighted by molar-refractivity contribution is 6.78. The lowest BCUT2D eigenvalue weighted by atomic mass is 9.87. The summed E-state index contributed by atoms with van der Waals surface area (Å²) in [7, 11) is -1.12. The predicted molar refractivity (Wildman–Crippen MR) is 56.1 cm³/mol. The second-order valence-electron chi connectivity index (χ2n) is 6.30. The normalized spacial score (nSPS) is 36.8. The lowest BCUT2D eigenvalue weighted by Crippen LogP contribution is -2.35. The van der Waals surface area contributed by atoms with Crippen LogP contribution in [0.3, 0.4) is 0 Å². The molecule has 72 valence electrons. The minimum absolute atomic E-state index is 0.0674. The van der Waals surface area contributed by atoms with Crippen molar-refractivity contribution < 1.29 is 5.11 Å². The zero-order valence-corrected chi connectivity index (χ0v) is 10.2. The molecule has 0 aromatic rings. The van der Waals surface area contributed by atoms with E-state index in [1.807, 2.05) is 0 Å². The second kappa shape index (κ2) is 2.35. The van der Waals surface area contributed by atoms with Crippen molar-refractivity contribution in [1.82, 2.24) is 0 Å². The predicted octanol–water partition coefficient (Wildman–Crippen LogP) is 2.88. The van der Waals surface area contributed by atoms with Crippen molar-refractivity contribution in [2.45, 2.75) is 58.0 Å². The molecule has 1 fully saturated rings. The van der Waals surface area contributed by atoms with E-state index >= 15 is 0 Å². The molecule has 1 nitrogen and oxygen atoms in total. The molecule has 0 amide bonds. The molecule has 12 heavy (non-hydrogen) atoms. The number of hydrogen-bond acceptors (Lipinski definition) is 1. The summed E-state index contributed by atoms with van der Waals surface area (Å²) in [5.74, 6) is 0. The van der Waals surface area contributed by atoms with Crippen LogP contribution in [0.4, 0.5) is 0 Å². The molecule has 1 rings (SSSR count). The van der Waals surface area contributed by atoms with Crippen LogP contribution in [0.1, 0.15) is 27.2 Å². The smallest absolute Gasteiger partial charge is 0.0702 e. The van der Waals surface area contributed by atoms with Gasteiger partial charge in [0.1, 0.15) is 0 Å². The van der Waals surface area contributed by atoms with Crippen LogP contribution in [0.15, 0.2) is 0 Å². The van der Waals surface area contributed by atoms with Crippen LogP contribution in [-0.2, 0) is 0 Å². The highest BCUT2D eigenvalue weighted by Gasteiger charge is 2.64. The molecule has 0 aromatic heterocycles. The third-order valence-electron chi connectivity index (χ3n) is 3.28. The van der Waals surface area contributed by atoms with Gasteiger partial charge in [-0.15, -0.1) is 0 Å². The van der Waals surface area contributed by atoms with Crippen molar-refractivity contribution in [3.8, 4) is 0 Å². The number of hydrogen-bond donors (Lipinski definition) is 1. The Morgan fingerprint density at radius 3 is 1.75 bits per heavy atom. The number of aliphatic hydroxyl groups is 1. The number of rotatable bonds is 1. The van der Waals surface area contributed by atoms with Gasteiger partial charge in [-0.05, 0) is 17.4 Å². The van der Waals surface area contributed by atoms with Gasteiger partial charge in [-0.25, -0.2) is 0 Å². The summed E-state index contributed by atoms with van der Waals surface area (Å²) in [6.07, 6.45) is 1.03. The highest BCUT2D eigenvalue weighted by Crippen LogP contribution is 2.63. The van der Waals surface area contributed by atoms with Gasteiger partial charge < -0.3 is 5.11 Å². The fourth-order valence-corrected chi connectivity index (χ4v) is 4.89. The maximum absolute atomic E-state index is 10.3. The quantitative estimate of drug-likeness (QED) is 0.624. The summed E-state index contributed by atoms with van der Waals surface area (Å²) in [6, 6.07) is 0. The van der Waals surface area contributed by atoms with Crippen molar-refractivity contribution in [2.24, 2.45) is 5.41 Å². The third kappa shape index (κ3) is 1.47. The molecule has 1 aliphatic carbocycles. The summed E-state index contributed by atoms with van der Waals surface area (Å²) in [4.78, 5) is 0. The van der Waals surface area contributed by atoms with Crippen molar-refractivity contribution >= 4 is 8.07 Å². The zero-order chi connectivity index (χ0) is 9.78. The molecule has 0 saturated heterocycles. The monoisotopic (exact) mass is 186 g/mol. The van der Waals surface area contributed by atoms with Crippen molar-refractivity contribution in [3.05, 3.63) is 0 Å². The standard InChI is InChI=1S/C10H22OSi/c1-9(2,3)10(11)7-8(10)12(4,5)6/h8,11H,7H2,1-6H3/t8-,10+/m1/s1. The van der Waals surface area contributed by atoms with Crippen LogP contribution in [0, 0.1) is 5.41 Å². The van der Waals surface area contributed by atoms with Gasteiger partial charge in [0.25, 0.3) is 0 Å². The SMILES string of the molecule is CC(C)(C)[C@]1(O)C[C@H]1[Si](C)(C)C. The first-order chi connectivity index (χ1) is 5.09. The topological polar surface area (TPSA) is 20.2 Å². The van der Waals surface area contributed by atoms with Crippen LogP contribution in [-0.4, -0.2) is 18.8 Å².